The third kappa shape index (κ3) is 2.32. The van der Waals surface area contributed by atoms with Crippen LogP contribution in [0.25, 0.3) is 0 Å². The second-order valence-electron chi connectivity index (χ2n) is 4.38. The maximum absolute atomic E-state index is 12.0. The van der Waals surface area contributed by atoms with Crippen molar-refractivity contribution in [1.29, 1.82) is 0 Å². The van der Waals surface area contributed by atoms with Gasteiger partial charge in [-0.25, -0.2) is 4.98 Å². The van der Waals surface area contributed by atoms with Gasteiger partial charge >= 0.3 is 0 Å². The number of rotatable bonds is 2. The summed E-state index contributed by atoms with van der Waals surface area (Å²) in [7, 11) is 0. The Morgan fingerprint density at radius 2 is 2.31 bits per heavy atom. The van der Waals surface area contributed by atoms with Crippen LogP contribution in [0, 0.1) is 0 Å². The molecule has 0 aromatic carbocycles. The molecule has 0 spiro atoms. The molecular weight excluding hydrogens is 202 g/mol. The van der Waals surface area contributed by atoms with Crippen LogP contribution in [0.4, 0.5) is 0 Å². The number of hydrogen-bond donors (Lipinski definition) is 1. The summed E-state index contributed by atoms with van der Waals surface area (Å²) in [6, 6.07) is 0. The Balaban J connectivity index is 1.97. The van der Waals surface area contributed by atoms with Gasteiger partial charge in [0.1, 0.15) is 0 Å². The van der Waals surface area contributed by atoms with E-state index < -0.39 is 0 Å². The molecule has 0 saturated carbocycles. The first-order chi connectivity index (χ1) is 7.66. The van der Waals surface area contributed by atoms with E-state index in [1.165, 1.54) is 11.1 Å². The third-order valence-electron chi connectivity index (χ3n) is 3.16. The van der Waals surface area contributed by atoms with E-state index in [1.54, 1.807) is 12.5 Å². The van der Waals surface area contributed by atoms with Gasteiger partial charge in [0.2, 0.25) is 5.91 Å². The molecule has 1 amide bonds. The van der Waals surface area contributed by atoms with E-state index in [9.17, 15) is 4.79 Å². The molecule has 2 heterocycles. The summed E-state index contributed by atoms with van der Waals surface area (Å²) in [4.78, 5) is 20.8. The molecule has 1 aliphatic heterocycles. The van der Waals surface area contributed by atoms with E-state index in [1.807, 2.05) is 4.90 Å². The number of carbonyl (C=O) groups is 1. The van der Waals surface area contributed by atoms with E-state index in [0.717, 1.165) is 25.2 Å². The highest BCUT2D eigenvalue weighted by Gasteiger charge is 2.19. The quantitative estimate of drug-likeness (QED) is 0.767. The lowest BCUT2D eigenvalue weighted by molar-refractivity contribution is -0.130. The summed E-state index contributed by atoms with van der Waals surface area (Å²) in [5.74, 6) is 0.177. The van der Waals surface area contributed by atoms with Crippen LogP contribution in [0.15, 0.2) is 23.7 Å². The Kier molecular flexibility index (Phi) is 3.08. The number of nitrogens with one attached hydrogen (secondary N) is 1. The van der Waals surface area contributed by atoms with Gasteiger partial charge < -0.3 is 9.88 Å². The van der Waals surface area contributed by atoms with Gasteiger partial charge in [0, 0.05) is 25.0 Å². The number of hydrogen-bond acceptors (Lipinski definition) is 2. The van der Waals surface area contributed by atoms with Gasteiger partial charge in [-0.05, 0) is 20.3 Å². The van der Waals surface area contributed by atoms with Gasteiger partial charge in [-0.3, -0.25) is 4.79 Å². The van der Waals surface area contributed by atoms with Crippen molar-refractivity contribution < 1.29 is 4.79 Å². The van der Waals surface area contributed by atoms with Crippen LogP contribution in [-0.4, -0.2) is 33.9 Å². The maximum atomic E-state index is 12.0. The van der Waals surface area contributed by atoms with E-state index in [2.05, 4.69) is 23.8 Å². The number of imidazole rings is 1. The van der Waals surface area contributed by atoms with E-state index in [4.69, 9.17) is 0 Å². The molecule has 0 unspecified atom stereocenters. The standard InChI is InChI=1S/C12H17N3O/c1-9-3-4-15(7-10(9)2)12(16)5-11-6-13-8-14-11/h6,8H,3-5,7H2,1-2H3,(H,13,14). The zero-order chi connectivity index (χ0) is 11.5. The lowest BCUT2D eigenvalue weighted by atomic mass is 10.0. The molecule has 0 bridgehead atoms. The lowest BCUT2D eigenvalue weighted by Gasteiger charge is -2.28. The summed E-state index contributed by atoms with van der Waals surface area (Å²) < 4.78 is 0. The minimum Gasteiger partial charge on any atom is -0.348 e. The van der Waals surface area contributed by atoms with Crippen LogP contribution in [-0.2, 0) is 11.2 Å². The molecule has 1 N–H and O–H groups in total. The molecule has 4 nitrogen and oxygen atoms in total. The molecule has 0 radical (unpaired) electrons. The zero-order valence-electron chi connectivity index (χ0n) is 9.79. The molecule has 1 aliphatic rings. The fraction of sp³-hybridized carbons (Fsp3) is 0.500. The van der Waals surface area contributed by atoms with Gasteiger partial charge in [-0.1, -0.05) is 11.1 Å². The average molecular weight is 219 g/mol. The predicted molar refractivity (Wildman–Crippen MR) is 61.9 cm³/mol. The fourth-order valence-corrected chi connectivity index (χ4v) is 1.89. The largest absolute Gasteiger partial charge is 0.348 e. The Labute approximate surface area is 95.4 Å². The highest BCUT2D eigenvalue weighted by atomic mass is 16.2. The van der Waals surface area contributed by atoms with Crippen LogP contribution >= 0.6 is 0 Å². The molecule has 86 valence electrons. The van der Waals surface area contributed by atoms with Gasteiger partial charge in [0.15, 0.2) is 0 Å². The first-order valence-corrected chi connectivity index (χ1v) is 5.57. The van der Waals surface area contributed by atoms with Crippen LogP contribution in [0.3, 0.4) is 0 Å². The van der Waals surface area contributed by atoms with Crippen LogP contribution < -0.4 is 0 Å². The highest BCUT2D eigenvalue weighted by molar-refractivity contribution is 5.78. The van der Waals surface area contributed by atoms with Crippen molar-refractivity contribution in [2.24, 2.45) is 0 Å². The van der Waals surface area contributed by atoms with Crippen molar-refractivity contribution in [1.82, 2.24) is 14.9 Å². The monoisotopic (exact) mass is 219 g/mol. The van der Waals surface area contributed by atoms with E-state index in [0.29, 0.717) is 6.42 Å². The second-order valence-corrected chi connectivity index (χ2v) is 4.38. The summed E-state index contributed by atoms with van der Waals surface area (Å²) in [6.07, 6.45) is 4.73. The molecule has 1 aromatic rings. The zero-order valence-corrected chi connectivity index (χ0v) is 9.79. The number of amides is 1. The SMILES string of the molecule is CC1=C(C)CN(C(=O)Cc2cnc[nH]2)CC1. The number of aromatic amines is 1. The van der Waals surface area contributed by atoms with Gasteiger partial charge in [0.25, 0.3) is 0 Å². The Morgan fingerprint density at radius 1 is 1.50 bits per heavy atom. The van der Waals surface area contributed by atoms with Crippen molar-refractivity contribution in [3.05, 3.63) is 29.4 Å². The normalized spacial score (nSPS) is 16.8. The minimum atomic E-state index is 0.177. The molecule has 4 heteroatoms. The van der Waals surface area contributed by atoms with Gasteiger partial charge in [-0.2, -0.15) is 0 Å². The van der Waals surface area contributed by atoms with Gasteiger partial charge in [-0.15, -0.1) is 0 Å². The molecule has 1 aromatic heterocycles. The average Bonchev–Trinajstić information content (AvgIpc) is 2.74. The van der Waals surface area contributed by atoms with Crippen molar-refractivity contribution in [3.63, 3.8) is 0 Å². The predicted octanol–water partition coefficient (Wildman–Crippen LogP) is 1.52. The van der Waals surface area contributed by atoms with Crippen LogP contribution in [0.1, 0.15) is 26.0 Å². The maximum Gasteiger partial charge on any atom is 0.228 e. The van der Waals surface area contributed by atoms with E-state index >= 15 is 0 Å². The smallest absolute Gasteiger partial charge is 0.228 e. The number of carbonyl (C=O) groups excluding carboxylic acids is 1. The number of nitrogens with zero attached hydrogens (tertiary/aromatic N) is 2. The fourth-order valence-electron chi connectivity index (χ4n) is 1.89. The molecule has 16 heavy (non-hydrogen) atoms. The molecule has 0 atom stereocenters. The Bertz CT molecular complexity index is 406. The van der Waals surface area contributed by atoms with E-state index in [-0.39, 0.29) is 5.91 Å². The Hall–Kier alpha value is -1.58. The summed E-state index contributed by atoms with van der Waals surface area (Å²) in [5, 5.41) is 0. The lowest BCUT2D eigenvalue weighted by Crippen LogP contribution is -2.37. The van der Waals surface area contributed by atoms with Crippen molar-refractivity contribution in [3.8, 4) is 0 Å². The summed E-state index contributed by atoms with van der Waals surface area (Å²) in [6.45, 7) is 5.87. The highest BCUT2D eigenvalue weighted by Crippen LogP contribution is 2.17. The van der Waals surface area contributed by atoms with Crippen molar-refractivity contribution >= 4 is 5.91 Å². The number of H-pyrrole nitrogens is 1. The second kappa shape index (κ2) is 4.51. The van der Waals surface area contributed by atoms with Crippen LogP contribution in [0.5, 0.6) is 0 Å². The third-order valence-corrected chi connectivity index (χ3v) is 3.16. The molecule has 0 saturated heterocycles. The molecule has 2 rings (SSSR count). The Morgan fingerprint density at radius 3 is 2.94 bits per heavy atom. The summed E-state index contributed by atoms with van der Waals surface area (Å²) >= 11 is 0. The number of aromatic nitrogens is 2. The summed E-state index contributed by atoms with van der Waals surface area (Å²) in [5.41, 5.74) is 3.63. The molecule has 0 aliphatic carbocycles. The van der Waals surface area contributed by atoms with Gasteiger partial charge in [0.05, 0.1) is 12.7 Å². The van der Waals surface area contributed by atoms with Crippen molar-refractivity contribution in [2.45, 2.75) is 26.7 Å². The molecule has 0 fully saturated rings. The molecular formula is C12H17N3O. The van der Waals surface area contributed by atoms with Crippen LogP contribution in [0.2, 0.25) is 0 Å². The minimum absolute atomic E-state index is 0.177. The topological polar surface area (TPSA) is 49.0 Å². The van der Waals surface area contributed by atoms with Crippen molar-refractivity contribution in [2.75, 3.05) is 13.1 Å². The first kappa shape index (κ1) is 10.9. The first-order valence-electron chi connectivity index (χ1n) is 5.57.